The van der Waals surface area contributed by atoms with Gasteiger partial charge in [-0.15, -0.1) is 0 Å². The fourth-order valence-electron chi connectivity index (χ4n) is 3.16. The quantitative estimate of drug-likeness (QED) is 0.805. The SMILES string of the molecule is Cc1cc(C(C)C(=O)CC2CCCCC2)cc(C)n1. The highest BCUT2D eigenvalue weighted by atomic mass is 16.1. The van der Waals surface area contributed by atoms with Crippen LogP contribution in [0.25, 0.3) is 0 Å². The Kier molecular flexibility index (Phi) is 4.73. The first-order valence-corrected chi connectivity index (χ1v) is 7.54. The van der Waals surface area contributed by atoms with Gasteiger partial charge in [0, 0.05) is 23.7 Å². The molecule has 1 atom stereocenters. The first-order valence-electron chi connectivity index (χ1n) is 7.54. The number of aromatic nitrogens is 1. The second-order valence-electron chi connectivity index (χ2n) is 6.08. The van der Waals surface area contributed by atoms with Crippen molar-refractivity contribution < 1.29 is 4.79 Å². The summed E-state index contributed by atoms with van der Waals surface area (Å²) in [7, 11) is 0. The van der Waals surface area contributed by atoms with Crippen LogP contribution in [0.4, 0.5) is 0 Å². The summed E-state index contributed by atoms with van der Waals surface area (Å²) < 4.78 is 0. The highest BCUT2D eigenvalue weighted by Gasteiger charge is 2.22. The van der Waals surface area contributed by atoms with E-state index in [0.29, 0.717) is 11.7 Å². The number of aryl methyl sites for hydroxylation is 2. The summed E-state index contributed by atoms with van der Waals surface area (Å²) in [6, 6.07) is 4.10. The smallest absolute Gasteiger partial charge is 0.140 e. The van der Waals surface area contributed by atoms with Crippen molar-refractivity contribution in [2.45, 2.75) is 65.2 Å². The summed E-state index contributed by atoms with van der Waals surface area (Å²) in [6.45, 7) is 6.03. The van der Waals surface area contributed by atoms with Gasteiger partial charge in [0.1, 0.15) is 5.78 Å². The monoisotopic (exact) mass is 259 g/mol. The van der Waals surface area contributed by atoms with Crippen LogP contribution >= 0.6 is 0 Å². The second-order valence-corrected chi connectivity index (χ2v) is 6.08. The minimum absolute atomic E-state index is 0.0160. The maximum atomic E-state index is 12.4. The molecule has 104 valence electrons. The lowest BCUT2D eigenvalue weighted by atomic mass is 9.82. The molecule has 1 saturated carbocycles. The molecule has 0 saturated heterocycles. The zero-order valence-electron chi connectivity index (χ0n) is 12.4. The second kappa shape index (κ2) is 6.31. The molecule has 0 aliphatic heterocycles. The molecule has 19 heavy (non-hydrogen) atoms. The Morgan fingerprint density at radius 2 is 1.79 bits per heavy atom. The van der Waals surface area contributed by atoms with Crippen molar-refractivity contribution in [1.82, 2.24) is 4.98 Å². The number of hydrogen-bond donors (Lipinski definition) is 0. The molecule has 0 radical (unpaired) electrons. The number of carbonyl (C=O) groups excluding carboxylic acids is 1. The molecular weight excluding hydrogens is 234 g/mol. The number of pyridine rings is 1. The standard InChI is InChI=1S/C17H25NO/c1-12-9-16(10-13(2)18-12)14(3)17(19)11-15-7-5-4-6-8-15/h9-10,14-15H,4-8,11H2,1-3H3. The average Bonchev–Trinajstić information content (AvgIpc) is 2.37. The molecule has 1 aromatic heterocycles. The van der Waals surface area contributed by atoms with Crippen molar-refractivity contribution in [2.75, 3.05) is 0 Å². The first-order chi connectivity index (χ1) is 9.06. The van der Waals surface area contributed by atoms with E-state index in [1.807, 2.05) is 20.8 Å². The molecule has 0 amide bonds. The van der Waals surface area contributed by atoms with E-state index in [0.717, 1.165) is 23.4 Å². The van der Waals surface area contributed by atoms with Gasteiger partial charge >= 0.3 is 0 Å². The molecule has 2 heteroatoms. The van der Waals surface area contributed by atoms with E-state index in [4.69, 9.17) is 0 Å². The molecule has 0 N–H and O–H groups in total. The van der Waals surface area contributed by atoms with Crippen molar-refractivity contribution in [3.63, 3.8) is 0 Å². The van der Waals surface area contributed by atoms with Gasteiger partial charge < -0.3 is 0 Å². The Bertz CT molecular complexity index is 426. The van der Waals surface area contributed by atoms with Crippen LogP contribution in [-0.4, -0.2) is 10.8 Å². The van der Waals surface area contributed by atoms with Crippen molar-refractivity contribution in [2.24, 2.45) is 5.92 Å². The van der Waals surface area contributed by atoms with Crippen LogP contribution in [0.3, 0.4) is 0 Å². The first kappa shape index (κ1) is 14.2. The third kappa shape index (κ3) is 3.89. The molecule has 2 nitrogen and oxygen atoms in total. The van der Waals surface area contributed by atoms with E-state index >= 15 is 0 Å². The van der Waals surface area contributed by atoms with Crippen molar-refractivity contribution in [1.29, 1.82) is 0 Å². The van der Waals surface area contributed by atoms with Gasteiger partial charge in [-0.2, -0.15) is 0 Å². The molecule has 1 heterocycles. The molecule has 2 rings (SSSR count). The summed E-state index contributed by atoms with van der Waals surface area (Å²) in [5.41, 5.74) is 3.14. The van der Waals surface area contributed by atoms with E-state index in [1.54, 1.807) is 0 Å². The Hall–Kier alpha value is -1.18. The number of ketones is 1. The zero-order chi connectivity index (χ0) is 13.8. The molecular formula is C17H25NO. The lowest BCUT2D eigenvalue weighted by Gasteiger charge is -2.22. The van der Waals surface area contributed by atoms with Gasteiger partial charge in [0.25, 0.3) is 0 Å². The van der Waals surface area contributed by atoms with Crippen LogP contribution in [0.5, 0.6) is 0 Å². The van der Waals surface area contributed by atoms with E-state index in [1.165, 1.54) is 32.1 Å². The lowest BCUT2D eigenvalue weighted by molar-refractivity contribution is -0.121. The van der Waals surface area contributed by atoms with Gasteiger partial charge in [-0.1, -0.05) is 39.0 Å². The predicted molar refractivity (Wildman–Crippen MR) is 78.3 cm³/mol. The zero-order valence-corrected chi connectivity index (χ0v) is 12.4. The highest BCUT2D eigenvalue weighted by Crippen LogP contribution is 2.29. The number of Topliss-reactive ketones (excluding diaryl/α,β-unsaturated/α-hetero) is 1. The molecule has 0 aromatic carbocycles. The normalized spacial score (nSPS) is 18.3. The van der Waals surface area contributed by atoms with Crippen LogP contribution in [0.15, 0.2) is 12.1 Å². The Balaban J connectivity index is 2.01. The van der Waals surface area contributed by atoms with E-state index in [9.17, 15) is 4.79 Å². The Morgan fingerprint density at radius 1 is 1.21 bits per heavy atom. The van der Waals surface area contributed by atoms with Gasteiger partial charge in [-0.05, 0) is 37.5 Å². The molecule has 1 unspecified atom stereocenters. The summed E-state index contributed by atoms with van der Waals surface area (Å²) in [6.07, 6.45) is 7.21. The summed E-state index contributed by atoms with van der Waals surface area (Å²) in [4.78, 5) is 16.8. The molecule has 1 fully saturated rings. The van der Waals surface area contributed by atoms with Gasteiger partial charge in [0.05, 0.1) is 0 Å². The van der Waals surface area contributed by atoms with Crippen LogP contribution in [-0.2, 0) is 4.79 Å². The molecule has 1 aromatic rings. The molecule has 0 bridgehead atoms. The largest absolute Gasteiger partial charge is 0.299 e. The number of nitrogens with zero attached hydrogens (tertiary/aromatic N) is 1. The van der Waals surface area contributed by atoms with Crippen molar-refractivity contribution in [3.8, 4) is 0 Å². The highest BCUT2D eigenvalue weighted by molar-refractivity contribution is 5.85. The average molecular weight is 259 g/mol. The van der Waals surface area contributed by atoms with Crippen LogP contribution in [0, 0.1) is 19.8 Å². The maximum Gasteiger partial charge on any atom is 0.140 e. The van der Waals surface area contributed by atoms with Crippen LogP contribution < -0.4 is 0 Å². The molecule has 0 spiro atoms. The van der Waals surface area contributed by atoms with Gasteiger partial charge in [-0.3, -0.25) is 9.78 Å². The van der Waals surface area contributed by atoms with E-state index in [-0.39, 0.29) is 5.92 Å². The minimum atomic E-state index is 0.0160. The Morgan fingerprint density at radius 3 is 2.37 bits per heavy atom. The molecule has 1 aliphatic carbocycles. The summed E-state index contributed by atoms with van der Waals surface area (Å²) in [5.74, 6) is 1.05. The van der Waals surface area contributed by atoms with E-state index in [2.05, 4.69) is 17.1 Å². The Labute approximate surface area is 116 Å². The number of carbonyl (C=O) groups is 1. The minimum Gasteiger partial charge on any atom is -0.299 e. The number of hydrogen-bond acceptors (Lipinski definition) is 2. The van der Waals surface area contributed by atoms with E-state index < -0.39 is 0 Å². The van der Waals surface area contributed by atoms with Crippen LogP contribution in [0.2, 0.25) is 0 Å². The fourth-order valence-corrected chi connectivity index (χ4v) is 3.16. The topological polar surface area (TPSA) is 30.0 Å². The third-order valence-electron chi connectivity index (χ3n) is 4.30. The van der Waals surface area contributed by atoms with Crippen molar-refractivity contribution >= 4 is 5.78 Å². The summed E-state index contributed by atoms with van der Waals surface area (Å²) >= 11 is 0. The molecule has 1 aliphatic rings. The van der Waals surface area contributed by atoms with Gasteiger partial charge in [0.15, 0.2) is 0 Å². The van der Waals surface area contributed by atoms with Crippen molar-refractivity contribution in [3.05, 3.63) is 29.1 Å². The summed E-state index contributed by atoms with van der Waals surface area (Å²) in [5, 5.41) is 0. The maximum absolute atomic E-state index is 12.4. The number of rotatable bonds is 4. The predicted octanol–water partition coefficient (Wildman–Crippen LogP) is 4.34. The third-order valence-corrected chi connectivity index (χ3v) is 4.30. The van der Waals surface area contributed by atoms with Crippen LogP contribution in [0.1, 0.15) is 68.3 Å². The van der Waals surface area contributed by atoms with Gasteiger partial charge in [0.2, 0.25) is 0 Å². The van der Waals surface area contributed by atoms with Gasteiger partial charge in [-0.25, -0.2) is 0 Å². The lowest BCUT2D eigenvalue weighted by Crippen LogP contribution is -2.17. The fraction of sp³-hybridized carbons (Fsp3) is 0.647.